The fourth-order valence-corrected chi connectivity index (χ4v) is 6.26. The maximum absolute atomic E-state index is 13.2. The van der Waals surface area contributed by atoms with Gasteiger partial charge in [-0.2, -0.15) is 5.06 Å². The summed E-state index contributed by atoms with van der Waals surface area (Å²) in [5, 5.41) is 12.5. The van der Waals surface area contributed by atoms with E-state index in [1.165, 1.54) is 6.08 Å². The highest BCUT2D eigenvalue weighted by atomic mass is 32.2. The third kappa shape index (κ3) is 4.99. The molecule has 0 aliphatic carbocycles. The van der Waals surface area contributed by atoms with Gasteiger partial charge in [0, 0.05) is 30.8 Å². The van der Waals surface area contributed by atoms with E-state index >= 15 is 0 Å². The first kappa shape index (κ1) is 23.0. The SMILES string of the molecule is C#CCN1CCC(N(O)C(N)=O)(S(=O)(=O)CC=Cc2ccc(-c3cccs3)cc2)CC1. The topological polar surface area (TPSA) is 104 Å². The van der Waals surface area contributed by atoms with E-state index < -0.39 is 20.7 Å². The van der Waals surface area contributed by atoms with Crippen molar-refractivity contribution in [3.05, 3.63) is 53.4 Å². The number of amides is 2. The maximum Gasteiger partial charge on any atom is 0.340 e. The second-order valence-corrected chi connectivity index (χ2v) is 10.6. The third-order valence-corrected chi connectivity index (χ3v) is 8.76. The molecule has 0 saturated carbocycles. The van der Waals surface area contributed by atoms with Gasteiger partial charge in [0.1, 0.15) is 0 Å². The number of nitrogens with zero attached hydrogens (tertiary/aromatic N) is 2. The zero-order chi connectivity index (χ0) is 22.5. The molecule has 7 nitrogen and oxygen atoms in total. The zero-order valence-electron chi connectivity index (χ0n) is 17.0. The minimum atomic E-state index is -3.93. The quantitative estimate of drug-likeness (QED) is 0.376. The molecule has 1 aromatic heterocycles. The number of sulfone groups is 1. The first-order valence-electron chi connectivity index (χ1n) is 9.76. The molecule has 0 atom stereocenters. The van der Waals surface area contributed by atoms with Crippen molar-refractivity contribution in [1.82, 2.24) is 9.96 Å². The summed E-state index contributed by atoms with van der Waals surface area (Å²) in [4.78, 5) is 12.9. The van der Waals surface area contributed by atoms with Gasteiger partial charge >= 0.3 is 6.03 Å². The average Bonchev–Trinajstić information content (AvgIpc) is 3.29. The molecule has 1 aliphatic heterocycles. The summed E-state index contributed by atoms with van der Waals surface area (Å²) >= 11 is 1.65. The van der Waals surface area contributed by atoms with Crippen LogP contribution in [-0.4, -0.2) is 59.9 Å². The van der Waals surface area contributed by atoms with Gasteiger partial charge in [-0.25, -0.2) is 13.2 Å². The van der Waals surface area contributed by atoms with E-state index in [0.29, 0.717) is 19.6 Å². The first-order valence-corrected chi connectivity index (χ1v) is 12.3. The number of thiophene rings is 1. The Morgan fingerprint density at radius 3 is 2.52 bits per heavy atom. The molecule has 164 valence electrons. The second-order valence-electron chi connectivity index (χ2n) is 7.36. The van der Waals surface area contributed by atoms with Gasteiger partial charge in [0.05, 0.1) is 12.3 Å². The molecular formula is C22H25N3O4S2. The minimum absolute atomic E-state index is 0.0276. The number of likely N-dealkylation sites (tertiary alicyclic amines) is 1. The van der Waals surface area contributed by atoms with Gasteiger partial charge in [-0.1, -0.05) is 48.4 Å². The van der Waals surface area contributed by atoms with Gasteiger partial charge in [-0.05, 0) is 22.6 Å². The summed E-state index contributed by atoms with van der Waals surface area (Å²) < 4.78 is 26.4. The van der Waals surface area contributed by atoms with Crippen LogP contribution in [0.25, 0.3) is 16.5 Å². The Hall–Kier alpha value is -2.64. The molecule has 0 bridgehead atoms. The number of hydrogen-bond acceptors (Lipinski definition) is 6. The van der Waals surface area contributed by atoms with Crippen molar-refractivity contribution in [1.29, 1.82) is 0 Å². The van der Waals surface area contributed by atoms with E-state index in [-0.39, 0.29) is 23.7 Å². The number of piperidine rings is 1. The lowest BCUT2D eigenvalue weighted by molar-refractivity contribution is -0.107. The predicted molar refractivity (Wildman–Crippen MR) is 123 cm³/mol. The van der Waals surface area contributed by atoms with Crippen molar-refractivity contribution in [3.63, 3.8) is 0 Å². The average molecular weight is 460 g/mol. The fourth-order valence-electron chi connectivity index (χ4n) is 3.71. The molecule has 2 heterocycles. The molecule has 2 aromatic rings. The van der Waals surface area contributed by atoms with E-state index in [0.717, 1.165) is 16.0 Å². The number of nitrogens with two attached hydrogens (primary N) is 1. The standard InChI is InChI=1S/C22H25N3O4S2/c1-2-13-24-14-11-22(12-15-24,25(27)21(23)26)31(28,29)17-4-5-18-7-9-19(10-8-18)20-6-3-16-30-20/h1,3-10,16,27H,11-15,17H2,(H2,23,26). The minimum Gasteiger partial charge on any atom is -0.350 e. The molecule has 3 N–H and O–H groups in total. The number of carbonyl (C=O) groups excluding carboxylic acids is 1. The molecule has 9 heteroatoms. The van der Waals surface area contributed by atoms with Crippen molar-refractivity contribution in [2.24, 2.45) is 5.73 Å². The van der Waals surface area contributed by atoms with Crippen molar-refractivity contribution >= 4 is 33.3 Å². The Morgan fingerprint density at radius 2 is 1.97 bits per heavy atom. The molecule has 0 spiro atoms. The number of terminal acetylenes is 1. The van der Waals surface area contributed by atoms with Crippen molar-refractivity contribution in [2.45, 2.75) is 17.7 Å². The lowest BCUT2D eigenvalue weighted by atomic mass is 10.0. The summed E-state index contributed by atoms with van der Waals surface area (Å²) in [7, 11) is -3.93. The highest BCUT2D eigenvalue weighted by Crippen LogP contribution is 2.34. The van der Waals surface area contributed by atoms with Gasteiger partial charge in [0.2, 0.25) is 0 Å². The Bertz CT molecular complexity index is 1060. The van der Waals surface area contributed by atoms with Crippen LogP contribution in [0.3, 0.4) is 0 Å². The molecular weight excluding hydrogens is 434 g/mol. The Morgan fingerprint density at radius 1 is 1.29 bits per heavy atom. The molecule has 3 rings (SSSR count). The second kappa shape index (κ2) is 9.66. The number of rotatable bonds is 7. The zero-order valence-corrected chi connectivity index (χ0v) is 18.6. The summed E-state index contributed by atoms with van der Waals surface area (Å²) in [6.07, 6.45) is 8.62. The number of benzene rings is 1. The van der Waals surface area contributed by atoms with Gasteiger partial charge < -0.3 is 5.73 Å². The van der Waals surface area contributed by atoms with Crippen LogP contribution in [0.1, 0.15) is 18.4 Å². The normalized spacial score (nSPS) is 16.8. The number of hydrogen-bond donors (Lipinski definition) is 2. The molecule has 1 saturated heterocycles. The third-order valence-electron chi connectivity index (χ3n) is 5.47. The lowest BCUT2D eigenvalue weighted by Gasteiger charge is -2.43. The predicted octanol–water partition coefficient (Wildman–Crippen LogP) is 3.04. The number of carbonyl (C=O) groups is 1. The van der Waals surface area contributed by atoms with Crippen molar-refractivity contribution < 1.29 is 18.4 Å². The van der Waals surface area contributed by atoms with Crippen LogP contribution in [0.4, 0.5) is 4.79 Å². The van der Waals surface area contributed by atoms with Gasteiger partial charge in [-0.15, -0.1) is 17.8 Å². The van der Waals surface area contributed by atoms with E-state index in [9.17, 15) is 18.4 Å². The molecule has 1 aromatic carbocycles. The van der Waals surface area contributed by atoms with Gasteiger partial charge in [0.25, 0.3) is 0 Å². The van der Waals surface area contributed by atoms with Crippen molar-refractivity contribution in [3.8, 4) is 22.8 Å². The smallest absolute Gasteiger partial charge is 0.340 e. The van der Waals surface area contributed by atoms with Crippen LogP contribution >= 0.6 is 11.3 Å². The van der Waals surface area contributed by atoms with E-state index in [1.807, 2.05) is 46.7 Å². The maximum atomic E-state index is 13.2. The molecule has 1 aliphatic rings. The molecule has 1 fully saturated rings. The first-order chi connectivity index (χ1) is 14.8. The summed E-state index contributed by atoms with van der Waals surface area (Å²) in [5.74, 6) is 2.18. The highest BCUT2D eigenvalue weighted by Gasteiger charge is 2.51. The largest absolute Gasteiger partial charge is 0.350 e. The van der Waals surface area contributed by atoms with Crippen LogP contribution in [0.15, 0.2) is 47.9 Å². The Labute approximate surface area is 186 Å². The van der Waals surface area contributed by atoms with E-state index in [2.05, 4.69) is 5.92 Å². The fraction of sp³-hybridized carbons (Fsp3) is 0.318. The van der Waals surface area contributed by atoms with Crippen LogP contribution in [0.5, 0.6) is 0 Å². The van der Waals surface area contributed by atoms with E-state index in [1.54, 1.807) is 17.4 Å². The summed E-state index contributed by atoms with van der Waals surface area (Å²) in [5.41, 5.74) is 7.17. The number of primary amides is 1. The molecule has 0 radical (unpaired) electrons. The number of hydroxylamine groups is 2. The van der Waals surface area contributed by atoms with Crippen LogP contribution in [-0.2, 0) is 9.84 Å². The molecule has 31 heavy (non-hydrogen) atoms. The lowest BCUT2D eigenvalue weighted by Crippen LogP contribution is -2.62. The summed E-state index contributed by atoms with van der Waals surface area (Å²) in [6.45, 7) is 1.04. The highest BCUT2D eigenvalue weighted by molar-refractivity contribution is 7.92. The van der Waals surface area contributed by atoms with Gasteiger partial charge in [-0.3, -0.25) is 10.1 Å². The van der Waals surface area contributed by atoms with Crippen LogP contribution < -0.4 is 5.73 Å². The van der Waals surface area contributed by atoms with Crippen LogP contribution in [0.2, 0.25) is 0 Å². The van der Waals surface area contributed by atoms with E-state index in [4.69, 9.17) is 12.2 Å². The Kier molecular flexibility index (Phi) is 7.18. The number of urea groups is 1. The summed E-state index contributed by atoms with van der Waals surface area (Å²) in [6, 6.07) is 10.6. The molecule has 2 amide bonds. The monoisotopic (exact) mass is 459 g/mol. The Balaban J connectivity index is 1.75. The van der Waals surface area contributed by atoms with Crippen molar-refractivity contribution in [2.75, 3.05) is 25.4 Å². The van der Waals surface area contributed by atoms with Gasteiger partial charge in [0.15, 0.2) is 14.7 Å². The van der Waals surface area contributed by atoms with Crippen LogP contribution in [0, 0.1) is 12.3 Å². The molecule has 0 unspecified atom stereocenters.